The Labute approximate surface area is 98.5 Å². The van der Waals surface area contributed by atoms with Gasteiger partial charge in [-0.05, 0) is 17.7 Å². The Morgan fingerprint density at radius 2 is 2.24 bits per heavy atom. The lowest BCUT2D eigenvalue weighted by Gasteiger charge is -2.06. The number of nitrogens with one attached hydrogen (secondary N) is 1. The molecule has 0 spiro atoms. The molecule has 0 aliphatic carbocycles. The summed E-state index contributed by atoms with van der Waals surface area (Å²) in [7, 11) is -3.74. The molecule has 0 saturated carbocycles. The number of hydrogen-bond donors (Lipinski definition) is 2. The van der Waals surface area contributed by atoms with E-state index in [2.05, 4.69) is 14.8 Å². The number of nitrogens with zero attached hydrogens (tertiary/aromatic N) is 3. The fourth-order valence-electron chi connectivity index (χ4n) is 1.40. The van der Waals surface area contributed by atoms with Gasteiger partial charge in [-0.1, -0.05) is 12.1 Å². The van der Waals surface area contributed by atoms with Crippen molar-refractivity contribution in [1.82, 2.24) is 14.8 Å². The number of rotatable bonds is 4. The first-order valence-corrected chi connectivity index (χ1v) is 6.29. The number of benzene rings is 1. The van der Waals surface area contributed by atoms with E-state index in [9.17, 15) is 8.42 Å². The molecule has 1 aromatic carbocycles. The third-order valence-corrected chi connectivity index (χ3v) is 2.52. The lowest BCUT2D eigenvalue weighted by molar-refractivity contribution is 0.603. The molecule has 0 atom stereocenters. The van der Waals surface area contributed by atoms with Crippen LogP contribution in [0.3, 0.4) is 0 Å². The molecular weight excluding hydrogens is 242 g/mol. The summed E-state index contributed by atoms with van der Waals surface area (Å²) in [6.07, 6.45) is 3.02. The highest BCUT2D eigenvalue weighted by atomic mass is 32.2. The van der Waals surface area contributed by atoms with E-state index in [1.807, 2.05) is 6.07 Å². The monoisotopic (exact) mass is 253 g/mol. The molecule has 0 aliphatic rings. The third kappa shape index (κ3) is 3.54. The predicted molar refractivity (Wildman–Crippen MR) is 62.3 cm³/mol. The Hall–Kier alpha value is -1.93. The van der Waals surface area contributed by atoms with E-state index in [-0.39, 0.29) is 0 Å². The Morgan fingerprint density at radius 3 is 2.88 bits per heavy atom. The Bertz CT molecular complexity index is 594. The summed E-state index contributed by atoms with van der Waals surface area (Å²) < 4.78 is 25.6. The van der Waals surface area contributed by atoms with E-state index in [0.717, 1.165) is 5.56 Å². The second-order valence-electron chi connectivity index (χ2n) is 3.44. The zero-order chi connectivity index (χ0) is 12.3. The van der Waals surface area contributed by atoms with Crippen molar-refractivity contribution in [3.05, 3.63) is 42.5 Å². The summed E-state index contributed by atoms with van der Waals surface area (Å²) in [5.74, 6) is 0. The van der Waals surface area contributed by atoms with Crippen LogP contribution in [0.4, 0.5) is 5.69 Å². The maximum Gasteiger partial charge on any atom is 0.296 e. The molecule has 0 unspecified atom stereocenters. The third-order valence-electron chi connectivity index (χ3n) is 2.00. The number of nitrogens with two attached hydrogens (primary N) is 1. The highest BCUT2D eigenvalue weighted by Crippen LogP contribution is 2.12. The van der Waals surface area contributed by atoms with Crippen molar-refractivity contribution in [2.24, 2.45) is 5.14 Å². The first-order chi connectivity index (χ1) is 8.03. The maximum atomic E-state index is 10.9. The zero-order valence-electron chi connectivity index (χ0n) is 8.81. The van der Waals surface area contributed by atoms with Crippen LogP contribution in [0, 0.1) is 0 Å². The van der Waals surface area contributed by atoms with Crippen molar-refractivity contribution in [2.45, 2.75) is 6.54 Å². The Morgan fingerprint density at radius 1 is 1.41 bits per heavy atom. The van der Waals surface area contributed by atoms with E-state index in [1.54, 1.807) is 29.2 Å². The number of aromatic nitrogens is 3. The highest BCUT2D eigenvalue weighted by molar-refractivity contribution is 7.90. The average Bonchev–Trinajstić information content (AvgIpc) is 2.68. The van der Waals surface area contributed by atoms with Crippen LogP contribution in [0.1, 0.15) is 5.56 Å². The van der Waals surface area contributed by atoms with Crippen molar-refractivity contribution < 1.29 is 8.42 Å². The molecule has 17 heavy (non-hydrogen) atoms. The van der Waals surface area contributed by atoms with E-state index < -0.39 is 10.2 Å². The normalized spacial score (nSPS) is 11.4. The predicted octanol–water partition coefficient (Wildman–Crippen LogP) is -0.0582. The molecule has 0 aliphatic heterocycles. The largest absolute Gasteiger partial charge is 0.296 e. The average molecular weight is 253 g/mol. The molecule has 0 radical (unpaired) electrons. The molecule has 2 rings (SSSR count). The summed E-state index contributed by atoms with van der Waals surface area (Å²) in [4.78, 5) is 3.82. The van der Waals surface area contributed by atoms with E-state index in [0.29, 0.717) is 12.2 Å². The van der Waals surface area contributed by atoms with Crippen molar-refractivity contribution in [2.75, 3.05) is 4.72 Å². The summed E-state index contributed by atoms with van der Waals surface area (Å²) in [6.45, 7) is 0.514. The second kappa shape index (κ2) is 4.52. The molecule has 1 aromatic heterocycles. The fourth-order valence-corrected chi connectivity index (χ4v) is 1.85. The molecule has 90 valence electrons. The van der Waals surface area contributed by atoms with Crippen LogP contribution in [0.25, 0.3) is 0 Å². The van der Waals surface area contributed by atoms with Gasteiger partial charge in [0.05, 0.1) is 12.2 Å². The van der Waals surface area contributed by atoms with E-state index in [4.69, 9.17) is 5.14 Å². The number of anilines is 1. The second-order valence-corrected chi connectivity index (χ2v) is 4.73. The minimum Gasteiger partial charge on any atom is -0.271 e. The van der Waals surface area contributed by atoms with Gasteiger partial charge in [-0.25, -0.2) is 14.8 Å². The number of hydrogen-bond acceptors (Lipinski definition) is 4. The SMILES string of the molecule is NS(=O)(=O)Nc1cccc(Cn2cncn2)c1. The molecule has 8 heteroatoms. The molecular formula is C9H11N5O2S. The van der Waals surface area contributed by atoms with Crippen molar-refractivity contribution >= 4 is 15.9 Å². The van der Waals surface area contributed by atoms with E-state index in [1.165, 1.54) is 6.33 Å². The minimum atomic E-state index is -3.74. The van der Waals surface area contributed by atoms with Crippen LogP contribution in [0.5, 0.6) is 0 Å². The first-order valence-electron chi connectivity index (χ1n) is 4.75. The standard InChI is InChI=1S/C9H11N5O2S/c10-17(15,16)13-9-3-1-2-8(4-9)5-14-7-11-6-12-14/h1-4,6-7,13H,5H2,(H2,10,15,16). The first kappa shape index (κ1) is 11.6. The van der Waals surface area contributed by atoms with Gasteiger partial charge < -0.3 is 0 Å². The summed E-state index contributed by atoms with van der Waals surface area (Å²) >= 11 is 0. The van der Waals surface area contributed by atoms with Crippen LogP contribution in [-0.4, -0.2) is 23.2 Å². The zero-order valence-corrected chi connectivity index (χ0v) is 9.63. The van der Waals surface area contributed by atoms with Gasteiger partial charge in [-0.3, -0.25) is 4.72 Å². The summed E-state index contributed by atoms with van der Waals surface area (Å²) in [5.41, 5.74) is 1.31. The van der Waals surface area contributed by atoms with Gasteiger partial charge in [0, 0.05) is 0 Å². The molecule has 2 aromatic rings. The van der Waals surface area contributed by atoms with Crippen LogP contribution < -0.4 is 9.86 Å². The van der Waals surface area contributed by atoms with Gasteiger partial charge in [0.1, 0.15) is 12.7 Å². The van der Waals surface area contributed by atoms with Crippen LogP contribution in [0.2, 0.25) is 0 Å². The van der Waals surface area contributed by atoms with Crippen molar-refractivity contribution in [3.8, 4) is 0 Å². The van der Waals surface area contributed by atoms with Crippen molar-refractivity contribution in [1.29, 1.82) is 0 Å². The minimum absolute atomic E-state index is 0.421. The van der Waals surface area contributed by atoms with Crippen molar-refractivity contribution in [3.63, 3.8) is 0 Å². The molecule has 0 bridgehead atoms. The van der Waals surface area contributed by atoms with Gasteiger partial charge in [-0.2, -0.15) is 13.5 Å². The fraction of sp³-hybridized carbons (Fsp3) is 0.111. The Balaban J connectivity index is 2.17. The topological polar surface area (TPSA) is 103 Å². The van der Waals surface area contributed by atoms with Crippen LogP contribution >= 0.6 is 0 Å². The van der Waals surface area contributed by atoms with Gasteiger partial charge in [-0.15, -0.1) is 0 Å². The van der Waals surface area contributed by atoms with Gasteiger partial charge in [0.15, 0.2) is 0 Å². The van der Waals surface area contributed by atoms with E-state index >= 15 is 0 Å². The van der Waals surface area contributed by atoms with Gasteiger partial charge in [0.25, 0.3) is 10.2 Å². The maximum absolute atomic E-state index is 10.9. The lowest BCUT2D eigenvalue weighted by atomic mass is 10.2. The van der Waals surface area contributed by atoms with Gasteiger partial charge >= 0.3 is 0 Å². The smallest absolute Gasteiger partial charge is 0.271 e. The molecule has 0 fully saturated rings. The van der Waals surface area contributed by atoms with Gasteiger partial charge in [0.2, 0.25) is 0 Å². The summed E-state index contributed by atoms with van der Waals surface area (Å²) in [5, 5.41) is 8.85. The molecule has 1 heterocycles. The summed E-state index contributed by atoms with van der Waals surface area (Å²) in [6, 6.07) is 6.90. The van der Waals surface area contributed by atoms with Crippen LogP contribution in [-0.2, 0) is 16.8 Å². The van der Waals surface area contributed by atoms with Crippen LogP contribution in [0.15, 0.2) is 36.9 Å². The molecule has 3 N–H and O–H groups in total. The molecule has 7 nitrogen and oxygen atoms in total. The highest BCUT2D eigenvalue weighted by Gasteiger charge is 2.03. The Kier molecular flexibility index (Phi) is 3.07. The molecule has 0 saturated heterocycles. The molecule has 0 amide bonds. The lowest BCUT2D eigenvalue weighted by Crippen LogP contribution is -2.21. The quantitative estimate of drug-likeness (QED) is 0.796.